The molecule has 5 heteroatoms. The van der Waals surface area contributed by atoms with E-state index >= 15 is 0 Å². The van der Waals surface area contributed by atoms with Crippen LogP contribution in [-0.2, 0) is 11.2 Å². The van der Waals surface area contributed by atoms with Gasteiger partial charge in [-0.05, 0) is 12.1 Å². The van der Waals surface area contributed by atoms with Crippen LogP contribution < -0.4 is 0 Å². The number of hydrogen-bond acceptors (Lipinski definition) is 2. The molecule has 2 N–H and O–H groups in total. The number of benzene rings is 1. The van der Waals surface area contributed by atoms with E-state index in [1.54, 1.807) is 0 Å². The Labute approximate surface area is 78.4 Å². The number of phenolic OH excluding ortho intramolecular Hbond substituents is 1. The third-order valence-electron chi connectivity index (χ3n) is 1.49. The van der Waals surface area contributed by atoms with E-state index in [4.69, 9.17) is 21.8 Å². The van der Waals surface area contributed by atoms with Gasteiger partial charge in [0.2, 0.25) is 0 Å². The van der Waals surface area contributed by atoms with Crippen LogP contribution in [0, 0.1) is 5.82 Å². The van der Waals surface area contributed by atoms with Crippen LogP contribution >= 0.6 is 11.6 Å². The average molecular weight is 205 g/mol. The summed E-state index contributed by atoms with van der Waals surface area (Å²) in [6, 6.07) is 2.32. The molecule has 0 aliphatic rings. The number of aliphatic carboxylic acids is 1. The molecular weight excluding hydrogens is 199 g/mol. The molecule has 1 aromatic carbocycles. The van der Waals surface area contributed by atoms with E-state index in [-0.39, 0.29) is 10.6 Å². The van der Waals surface area contributed by atoms with Gasteiger partial charge in [0, 0.05) is 10.6 Å². The normalized spacial score (nSPS) is 10.0. The summed E-state index contributed by atoms with van der Waals surface area (Å²) < 4.78 is 13.0. The van der Waals surface area contributed by atoms with Gasteiger partial charge in [-0.2, -0.15) is 0 Å². The topological polar surface area (TPSA) is 57.5 Å². The zero-order valence-corrected chi connectivity index (χ0v) is 7.18. The third kappa shape index (κ3) is 2.09. The van der Waals surface area contributed by atoms with Crippen molar-refractivity contribution in [2.75, 3.05) is 0 Å². The summed E-state index contributed by atoms with van der Waals surface area (Å²) >= 11 is 5.53. The van der Waals surface area contributed by atoms with Crippen LogP contribution in [0.5, 0.6) is 5.75 Å². The van der Waals surface area contributed by atoms with Gasteiger partial charge in [0.25, 0.3) is 0 Å². The number of rotatable bonds is 2. The molecule has 0 fully saturated rings. The van der Waals surface area contributed by atoms with Crippen molar-refractivity contribution in [3.63, 3.8) is 0 Å². The SMILES string of the molecule is O=C(O)Cc1c(Cl)ccc(O)c1F. The predicted octanol–water partition coefficient (Wildman–Crippen LogP) is 1.81. The maximum Gasteiger partial charge on any atom is 0.307 e. The Morgan fingerprint density at radius 1 is 1.54 bits per heavy atom. The van der Waals surface area contributed by atoms with Gasteiger partial charge in [0.15, 0.2) is 11.6 Å². The standard InChI is InChI=1S/C8H6ClFO3/c9-5-1-2-6(11)8(10)4(5)3-7(12)13/h1-2,11H,3H2,(H,12,13). The summed E-state index contributed by atoms with van der Waals surface area (Å²) in [5.74, 6) is -2.78. The van der Waals surface area contributed by atoms with Crippen molar-refractivity contribution in [2.24, 2.45) is 0 Å². The number of halogens is 2. The molecule has 0 aliphatic carbocycles. The van der Waals surface area contributed by atoms with Gasteiger partial charge in [0.1, 0.15) is 0 Å². The minimum Gasteiger partial charge on any atom is -0.505 e. The molecule has 0 atom stereocenters. The Morgan fingerprint density at radius 3 is 2.69 bits per heavy atom. The van der Waals surface area contributed by atoms with E-state index in [2.05, 4.69) is 0 Å². The zero-order valence-electron chi connectivity index (χ0n) is 6.42. The van der Waals surface area contributed by atoms with E-state index in [0.29, 0.717) is 0 Å². The first-order chi connectivity index (χ1) is 6.02. The van der Waals surface area contributed by atoms with Crippen LogP contribution in [0.1, 0.15) is 5.56 Å². The molecule has 0 amide bonds. The third-order valence-corrected chi connectivity index (χ3v) is 1.85. The summed E-state index contributed by atoms with van der Waals surface area (Å²) in [4.78, 5) is 10.3. The van der Waals surface area contributed by atoms with Crippen molar-refractivity contribution in [1.82, 2.24) is 0 Å². The van der Waals surface area contributed by atoms with Crippen LogP contribution in [0.3, 0.4) is 0 Å². The van der Waals surface area contributed by atoms with Crippen LogP contribution in [0.4, 0.5) is 4.39 Å². The summed E-state index contributed by atoms with van der Waals surface area (Å²) in [5, 5.41) is 17.3. The Balaban J connectivity index is 3.17. The van der Waals surface area contributed by atoms with Gasteiger partial charge >= 0.3 is 5.97 Å². The van der Waals surface area contributed by atoms with Gasteiger partial charge in [0.05, 0.1) is 6.42 Å². The lowest BCUT2D eigenvalue weighted by Crippen LogP contribution is -2.03. The molecule has 0 aromatic heterocycles. The Hall–Kier alpha value is -1.29. The fraction of sp³-hybridized carbons (Fsp3) is 0.125. The maximum absolute atomic E-state index is 13.0. The van der Waals surface area contributed by atoms with Crippen LogP contribution in [0.15, 0.2) is 12.1 Å². The lowest BCUT2D eigenvalue weighted by Gasteiger charge is -2.03. The quantitative estimate of drug-likeness (QED) is 0.773. The molecule has 70 valence electrons. The highest BCUT2D eigenvalue weighted by Gasteiger charge is 2.14. The van der Waals surface area contributed by atoms with Crippen molar-refractivity contribution in [3.8, 4) is 5.75 Å². The fourth-order valence-electron chi connectivity index (χ4n) is 0.899. The molecule has 0 saturated heterocycles. The van der Waals surface area contributed by atoms with E-state index in [0.717, 1.165) is 6.07 Å². The number of hydrogen-bond donors (Lipinski definition) is 2. The second-order valence-corrected chi connectivity index (χ2v) is 2.84. The first kappa shape index (κ1) is 9.80. The molecule has 13 heavy (non-hydrogen) atoms. The molecule has 1 rings (SSSR count). The molecule has 0 bridgehead atoms. The number of carboxylic acids is 1. The van der Waals surface area contributed by atoms with Crippen molar-refractivity contribution >= 4 is 17.6 Å². The number of aromatic hydroxyl groups is 1. The number of carbonyl (C=O) groups is 1. The minimum atomic E-state index is -1.20. The molecule has 0 unspecified atom stereocenters. The number of phenols is 1. The van der Waals surface area contributed by atoms with E-state index in [9.17, 15) is 9.18 Å². The molecule has 3 nitrogen and oxygen atoms in total. The molecule has 0 radical (unpaired) electrons. The Bertz CT molecular complexity index is 351. The predicted molar refractivity (Wildman–Crippen MR) is 44.4 cm³/mol. The summed E-state index contributed by atoms with van der Waals surface area (Å²) in [5.41, 5.74) is -0.200. The Kier molecular flexibility index (Phi) is 2.72. The highest BCUT2D eigenvalue weighted by Crippen LogP contribution is 2.26. The Morgan fingerprint density at radius 2 is 2.15 bits per heavy atom. The lowest BCUT2D eigenvalue weighted by molar-refractivity contribution is -0.136. The number of carboxylic acid groups (broad SMARTS) is 1. The first-order valence-corrected chi connectivity index (χ1v) is 3.78. The highest BCUT2D eigenvalue weighted by molar-refractivity contribution is 6.31. The average Bonchev–Trinajstić information content (AvgIpc) is 2.05. The molecule has 0 spiro atoms. The van der Waals surface area contributed by atoms with Crippen LogP contribution in [-0.4, -0.2) is 16.2 Å². The second-order valence-electron chi connectivity index (χ2n) is 2.43. The second kappa shape index (κ2) is 3.62. The maximum atomic E-state index is 13.0. The zero-order chi connectivity index (χ0) is 10.0. The summed E-state index contributed by atoms with van der Waals surface area (Å²) in [6.45, 7) is 0. The minimum absolute atomic E-state index is 0.00213. The summed E-state index contributed by atoms with van der Waals surface area (Å²) in [6.07, 6.45) is -0.543. The highest BCUT2D eigenvalue weighted by atomic mass is 35.5. The van der Waals surface area contributed by atoms with Crippen LogP contribution in [0.25, 0.3) is 0 Å². The van der Waals surface area contributed by atoms with Gasteiger partial charge < -0.3 is 10.2 Å². The van der Waals surface area contributed by atoms with Crippen molar-refractivity contribution in [3.05, 3.63) is 28.5 Å². The lowest BCUT2D eigenvalue weighted by atomic mass is 10.1. The molecular formula is C8H6ClFO3. The van der Waals surface area contributed by atoms with Gasteiger partial charge in [-0.3, -0.25) is 4.79 Å². The molecule has 0 saturated carbocycles. The van der Waals surface area contributed by atoms with E-state index in [1.165, 1.54) is 6.07 Å². The first-order valence-electron chi connectivity index (χ1n) is 3.40. The monoisotopic (exact) mass is 204 g/mol. The van der Waals surface area contributed by atoms with Crippen LogP contribution in [0.2, 0.25) is 5.02 Å². The summed E-state index contributed by atoms with van der Waals surface area (Å²) in [7, 11) is 0. The van der Waals surface area contributed by atoms with Gasteiger partial charge in [-0.1, -0.05) is 11.6 Å². The molecule has 1 aromatic rings. The van der Waals surface area contributed by atoms with Crippen molar-refractivity contribution in [1.29, 1.82) is 0 Å². The van der Waals surface area contributed by atoms with Crippen molar-refractivity contribution in [2.45, 2.75) is 6.42 Å². The molecule has 0 heterocycles. The smallest absolute Gasteiger partial charge is 0.307 e. The molecule has 0 aliphatic heterocycles. The largest absolute Gasteiger partial charge is 0.505 e. The van der Waals surface area contributed by atoms with Gasteiger partial charge in [-0.25, -0.2) is 4.39 Å². The van der Waals surface area contributed by atoms with Gasteiger partial charge in [-0.15, -0.1) is 0 Å². The van der Waals surface area contributed by atoms with E-state index < -0.39 is 24.0 Å². The van der Waals surface area contributed by atoms with E-state index in [1.807, 2.05) is 0 Å². The van der Waals surface area contributed by atoms with Crippen molar-refractivity contribution < 1.29 is 19.4 Å². The fourth-order valence-corrected chi connectivity index (χ4v) is 1.11.